The Labute approximate surface area is 111 Å². The van der Waals surface area contributed by atoms with Crippen molar-refractivity contribution in [1.82, 2.24) is 5.32 Å². The predicted molar refractivity (Wildman–Crippen MR) is 68.3 cm³/mol. The van der Waals surface area contributed by atoms with Crippen molar-refractivity contribution >= 4 is 17.6 Å². The van der Waals surface area contributed by atoms with Crippen molar-refractivity contribution < 1.29 is 14.4 Å². The van der Waals surface area contributed by atoms with Gasteiger partial charge >= 0.3 is 0 Å². The molecule has 0 radical (unpaired) electrons. The summed E-state index contributed by atoms with van der Waals surface area (Å²) in [6.45, 7) is 0. The molecule has 4 nitrogen and oxygen atoms in total. The first-order chi connectivity index (χ1) is 9.11. The number of nitrogens with one attached hydrogen (secondary N) is 1. The molecule has 2 heterocycles. The highest BCUT2D eigenvalue weighted by atomic mass is 16.2. The van der Waals surface area contributed by atoms with Crippen LogP contribution >= 0.6 is 0 Å². The first-order valence-corrected chi connectivity index (χ1v) is 6.54. The number of imide groups is 1. The Hall–Kier alpha value is -1.97. The van der Waals surface area contributed by atoms with Crippen molar-refractivity contribution in [3.8, 4) is 0 Å². The number of fused-ring (bicyclic) bond motifs is 2. The number of hydrogen-bond donors (Lipinski definition) is 1. The molecule has 0 aromatic heterocycles. The molecular formula is C15H15NO3. The van der Waals surface area contributed by atoms with E-state index in [2.05, 4.69) is 5.32 Å². The molecule has 1 N–H and O–H groups in total. The molecule has 2 saturated heterocycles. The second-order valence-electron chi connectivity index (χ2n) is 5.49. The maximum atomic E-state index is 12.0. The van der Waals surface area contributed by atoms with Crippen LogP contribution in [0.15, 0.2) is 30.3 Å². The summed E-state index contributed by atoms with van der Waals surface area (Å²) in [5.41, 5.74) is 0.213. The minimum Gasteiger partial charge on any atom is -0.296 e. The number of benzene rings is 1. The minimum atomic E-state index is -0.469. The Morgan fingerprint density at radius 2 is 1.89 bits per heavy atom. The van der Waals surface area contributed by atoms with Gasteiger partial charge in [0.1, 0.15) is 0 Å². The van der Waals surface area contributed by atoms with E-state index >= 15 is 0 Å². The lowest BCUT2D eigenvalue weighted by Crippen LogP contribution is -2.61. The van der Waals surface area contributed by atoms with Gasteiger partial charge in [-0.3, -0.25) is 19.7 Å². The third-order valence-electron chi connectivity index (χ3n) is 4.29. The maximum Gasteiger partial charge on any atom is 0.232 e. The van der Waals surface area contributed by atoms with E-state index in [1.54, 1.807) is 12.1 Å². The Balaban J connectivity index is 1.63. The van der Waals surface area contributed by atoms with E-state index in [1.807, 2.05) is 18.2 Å². The standard InChI is InChI=1S/C15H15NO3/c17-12(10-4-2-1-3-5-10)6-7-15-8-11(9-15)13(18)16-14(15)19/h1-5,11H,6-9H2,(H,16,18,19). The third-order valence-corrected chi connectivity index (χ3v) is 4.29. The van der Waals surface area contributed by atoms with Crippen molar-refractivity contribution in [2.24, 2.45) is 11.3 Å². The molecule has 1 aliphatic carbocycles. The van der Waals surface area contributed by atoms with Gasteiger partial charge in [0.2, 0.25) is 11.8 Å². The summed E-state index contributed by atoms with van der Waals surface area (Å²) >= 11 is 0. The largest absolute Gasteiger partial charge is 0.296 e. The van der Waals surface area contributed by atoms with Gasteiger partial charge in [-0.05, 0) is 19.3 Å². The molecule has 4 rings (SSSR count). The van der Waals surface area contributed by atoms with Gasteiger partial charge in [0.25, 0.3) is 0 Å². The highest BCUT2D eigenvalue weighted by Gasteiger charge is 2.56. The molecule has 0 spiro atoms. The Kier molecular flexibility index (Phi) is 2.73. The molecular weight excluding hydrogens is 242 g/mol. The number of rotatable bonds is 4. The van der Waals surface area contributed by atoms with Crippen LogP contribution in [-0.2, 0) is 9.59 Å². The lowest BCUT2D eigenvalue weighted by Gasteiger charge is -2.49. The summed E-state index contributed by atoms with van der Waals surface area (Å²) in [7, 11) is 0. The number of ketones is 1. The monoisotopic (exact) mass is 257 g/mol. The molecule has 0 atom stereocenters. The van der Waals surface area contributed by atoms with Crippen LogP contribution in [0.5, 0.6) is 0 Å². The second-order valence-corrected chi connectivity index (χ2v) is 5.49. The van der Waals surface area contributed by atoms with Crippen LogP contribution < -0.4 is 5.32 Å². The number of amides is 2. The molecule has 2 amide bonds. The molecule has 1 aromatic rings. The van der Waals surface area contributed by atoms with E-state index in [-0.39, 0.29) is 23.5 Å². The SMILES string of the molecule is O=C(CCC12CC(C1)C(=O)NC2=O)c1ccccc1. The zero-order chi connectivity index (χ0) is 13.5. The van der Waals surface area contributed by atoms with Crippen LogP contribution in [0.1, 0.15) is 36.0 Å². The molecule has 2 bridgehead atoms. The smallest absolute Gasteiger partial charge is 0.232 e. The fourth-order valence-corrected chi connectivity index (χ4v) is 3.04. The van der Waals surface area contributed by atoms with Crippen molar-refractivity contribution in [3.05, 3.63) is 35.9 Å². The van der Waals surface area contributed by atoms with Crippen molar-refractivity contribution in [2.75, 3.05) is 0 Å². The van der Waals surface area contributed by atoms with Gasteiger partial charge in [0.15, 0.2) is 5.78 Å². The number of Topliss-reactive ketones (excluding diaryl/α,β-unsaturated/α-hetero) is 1. The van der Waals surface area contributed by atoms with Crippen LogP contribution in [0.3, 0.4) is 0 Å². The zero-order valence-corrected chi connectivity index (χ0v) is 10.5. The molecule has 19 heavy (non-hydrogen) atoms. The van der Waals surface area contributed by atoms with Crippen LogP contribution in [0, 0.1) is 11.3 Å². The highest BCUT2D eigenvalue weighted by molar-refractivity contribution is 6.05. The van der Waals surface area contributed by atoms with Crippen molar-refractivity contribution in [1.29, 1.82) is 0 Å². The van der Waals surface area contributed by atoms with Crippen LogP contribution in [-0.4, -0.2) is 17.6 Å². The average Bonchev–Trinajstić information content (AvgIpc) is 2.37. The fourth-order valence-electron chi connectivity index (χ4n) is 3.04. The lowest BCUT2D eigenvalue weighted by atomic mass is 9.56. The van der Waals surface area contributed by atoms with Crippen LogP contribution in [0.4, 0.5) is 0 Å². The quantitative estimate of drug-likeness (QED) is 0.659. The number of hydrogen-bond acceptors (Lipinski definition) is 3. The van der Waals surface area contributed by atoms with Gasteiger partial charge in [-0.25, -0.2) is 0 Å². The molecule has 1 saturated carbocycles. The Morgan fingerprint density at radius 3 is 2.53 bits per heavy atom. The average molecular weight is 257 g/mol. The first-order valence-electron chi connectivity index (χ1n) is 6.54. The number of carbonyl (C=O) groups is 3. The lowest BCUT2D eigenvalue weighted by molar-refractivity contribution is -0.159. The van der Waals surface area contributed by atoms with Gasteiger partial charge in [0, 0.05) is 17.9 Å². The topological polar surface area (TPSA) is 63.2 Å². The third kappa shape index (κ3) is 1.97. The molecule has 0 unspecified atom stereocenters. The van der Waals surface area contributed by atoms with E-state index in [0.29, 0.717) is 31.2 Å². The normalized spacial score (nSPS) is 28.5. The molecule has 1 aromatic carbocycles. The summed E-state index contributed by atoms with van der Waals surface area (Å²) in [6, 6.07) is 9.10. The van der Waals surface area contributed by atoms with E-state index in [0.717, 1.165) is 0 Å². The summed E-state index contributed by atoms with van der Waals surface area (Å²) in [4.78, 5) is 35.2. The van der Waals surface area contributed by atoms with Crippen LogP contribution in [0.25, 0.3) is 0 Å². The predicted octanol–water partition coefficient (Wildman–Crippen LogP) is 1.70. The summed E-state index contributed by atoms with van der Waals surface area (Å²) in [5, 5.41) is 2.39. The summed E-state index contributed by atoms with van der Waals surface area (Å²) in [6.07, 6.45) is 2.12. The molecule has 3 aliphatic rings. The number of carbonyl (C=O) groups excluding carboxylic acids is 3. The minimum absolute atomic E-state index is 0.0236. The van der Waals surface area contributed by atoms with Gasteiger partial charge in [-0.2, -0.15) is 0 Å². The molecule has 3 fully saturated rings. The van der Waals surface area contributed by atoms with Crippen molar-refractivity contribution in [2.45, 2.75) is 25.7 Å². The number of piperidine rings is 2. The Morgan fingerprint density at radius 1 is 1.21 bits per heavy atom. The Bertz CT molecular complexity index is 544. The fraction of sp³-hybridized carbons (Fsp3) is 0.400. The summed E-state index contributed by atoms with van der Waals surface area (Å²) in [5.74, 6) is -0.310. The van der Waals surface area contributed by atoms with Gasteiger partial charge in [-0.15, -0.1) is 0 Å². The highest BCUT2D eigenvalue weighted by Crippen LogP contribution is 2.52. The molecule has 98 valence electrons. The summed E-state index contributed by atoms with van der Waals surface area (Å²) < 4.78 is 0. The maximum absolute atomic E-state index is 12.0. The van der Waals surface area contributed by atoms with E-state index < -0.39 is 5.41 Å². The molecule has 4 heteroatoms. The van der Waals surface area contributed by atoms with Gasteiger partial charge in [0.05, 0.1) is 5.41 Å². The van der Waals surface area contributed by atoms with Crippen LogP contribution in [0.2, 0.25) is 0 Å². The van der Waals surface area contributed by atoms with Gasteiger partial charge < -0.3 is 0 Å². The van der Waals surface area contributed by atoms with E-state index in [9.17, 15) is 14.4 Å². The first kappa shape index (κ1) is 12.1. The van der Waals surface area contributed by atoms with Crippen molar-refractivity contribution in [3.63, 3.8) is 0 Å². The second kappa shape index (κ2) is 4.30. The van der Waals surface area contributed by atoms with E-state index in [4.69, 9.17) is 0 Å². The van der Waals surface area contributed by atoms with Gasteiger partial charge in [-0.1, -0.05) is 30.3 Å². The molecule has 2 aliphatic heterocycles. The zero-order valence-electron chi connectivity index (χ0n) is 10.5. The van der Waals surface area contributed by atoms with E-state index in [1.165, 1.54) is 0 Å².